The fourth-order valence-corrected chi connectivity index (χ4v) is 4.02. The van der Waals surface area contributed by atoms with Crippen LogP contribution in [0.2, 0.25) is 5.02 Å². The van der Waals surface area contributed by atoms with Crippen LogP contribution in [-0.4, -0.2) is 18.8 Å². The number of para-hydroxylation sites is 2. The monoisotopic (exact) mass is 437 g/mol. The number of aromatic hydroxyl groups is 1. The zero-order chi connectivity index (χ0) is 21.8. The Hall–Kier alpha value is -3.15. The van der Waals surface area contributed by atoms with Crippen LogP contribution in [-0.2, 0) is 0 Å². The van der Waals surface area contributed by atoms with Crippen molar-refractivity contribution in [1.82, 2.24) is 5.32 Å². The number of quaternary nitrogens is 1. The third-order valence-corrected chi connectivity index (χ3v) is 5.63. The van der Waals surface area contributed by atoms with Gasteiger partial charge in [-0.25, -0.2) is 0 Å². The highest BCUT2D eigenvalue weighted by atomic mass is 35.5. The van der Waals surface area contributed by atoms with Crippen LogP contribution in [0.3, 0.4) is 0 Å². The second kappa shape index (κ2) is 9.33. The number of phenols is 1. The van der Waals surface area contributed by atoms with Crippen molar-refractivity contribution in [1.29, 1.82) is 0 Å². The number of halogens is 1. The topological polar surface area (TPSA) is 67.3 Å². The average molecular weight is 438 g/mol. The van der Waals surface area contributed by atoms with Crippen molar-refractivity contribution < 1.29 is 19.9 Å². The quantitative estimate of drug-likeness (QED) is 0.534. The number of methoxy groups -OCH3 is 1. The molecule has 31 heavy (non-hydrogen) atoms. The van der Waals surface area contributed by atoms with E-state index in [0.29, 0.717) is 17.4 Å². The maximum Gasteiger partial charge on any atom is 0.190 e. The van der Waals surface area contributed by atoms with E-state index in [4.69, 9.17) is 21.1 Å². The molecule has 3 aromatic carbocycles. The molecule has 0 bridgehead atoms. The van der Waals surface area contributed by atoms with Crippen LogP contribution in [0.4, 0.5) is 0 Å². The fourth-order valence-electron chi connectivity index (χ4n) is 3.89. The summed E-state index contributed by atoms with van der Waals surface area (Å²) in [5.41, 5.74) is 3.79. The van der Waals surface area contributed by atoms with Crippen molar-refractivity contribution in [2.75, 3.05) is 13.7 Å². The SMILES string of the molecule is CCOc1cccc(C2C=C(c3ccc(Cl)cc3)NC(c3ccccc3OC)[NH2+]2)c1O. The van der Waals surface area contributed by atoms with E-state index in [-0.39, 0.29) is 18.0 Å². The second-order valence-corrected chi connectivity index (χ2v) is 7.73. The molecule has 6 heteroatoms. The van der Waals surface area contributed by atoms with E-state index < -0.39 is 0 Å². The first-order valence-electron chi connectivity index (χ1n) is 10.3. The van der Waals surface area contributed by atoms with E-state index in [2.05, 4.69) is 16.7 Å². The summed E-state index contributed by atoms with van der Waals surface area (Å²) in [6.45, 7) is 2.39. The first kappa shape index (κ1) is 21.1. The molecular weight excluding hydrogens is 412 g/mol. The van der Waals surface area contributed by atoms with Crippen LogP contribution >= 0.6 is 11.6 Å². The number of hydrogen-bond donors (Lipinski definition) is 3. The minimum Gasteiger partial charge on any atom is -0.504 e. The van der Waals surface area contributed by atoms with Crippen molar-refractivity contribution in [3.8, 4) is 17.2 Å². The average Bonchev–Trinajstić information content (AvgIpc) is 2.80. The van der Waals surface area contributed by atoms with Gasteiger partial charge in [0, 0.05) is 16.8 Å². The maximum atomic E-state index is 10.9. The number of nitrogens with one attached hydrogen (secondary N) is 1. The molecule has 0 aliphatic carbocycles. The fraction of sp³-hybridized carbons (Fsp3) is 0.200. The summed E-state index contributed by atoms with van der Waals surface area (Å²) in [6, 6.07) is 21.1. The summed E-state index contributed by atoms with van der Waals surface area (Å²) >= 11 is 6.10. The van der Waals surface area contributed by atoms with E-state index in [9.17, 15) is 5.11 Å². The van der Waals surface area contributed by atoms with Gasteiger partial charge in [-0.1, -0.05) is 41.9 Å². The summed E-state index contributed by atoms with van der Waals surface area (Å²) in [7, 11) is 1.67. The highest BCUT2D eigenvalue weighted by Gasteiger charge is 2.31. The van der Waals surface area contributed by atoms with E-state index in [1.165, 1.54) is 0 Å². The predicted octanol–water partition coefficient (Wildman–Crippen LogP) is 4.40. The van der Waals surface area contributed by atoms with E-state index >= 15 is 0 Å². The van der Waals surface area contributed by atoms with Gasteiger partial charge in [-0.3, -0.25) is 0 Å². The third kappa shape index (κ3) is 4.48. The van der Waals surface area contributed by atoms with Crippen LogP contribution in [0.5, 0.6) is 17.2 Å². The normalized spacial score (nSPS) is 18.1. The number of rotatable bonds is 6. The zero-order valence-corrected chi connectivity index (χ0v) is 18.3. The Morgan fingerprint density at radius 1 is 0.968 bits per heavy atom. The molecule has 1 aliphatic rings. The van der Waals surface area contributed by atoms with Crippen LogP contribution in [0, 0.1) is 0 Å². The molecule has 1 aliphatic heterocycles. The highest BCUT2D eigenvalue weighted by molar-refractivity contribution is 6.30. The molecule has 3 aromatic rings. The van der Waals surface area contributed by atoms with Crippen LogP contribution in [0.25, 0.3) is 5.70 Å². The molecular formula is C25H26ClN2O3+. The van der Waals surface area contributed by atoms with Crippen molar-refractivity contribution in [3.05, 3.63) is 94.5 Å². The maximum absolute atomic E-state index is 10.9. The van der Waals surface area contributed by atoms with Crippen LogP contribution in [0.15, 0.2) is 72.8 Å². The summed E-state index contributed by atoms with van der Waals surface area (Å²) in [4.78, 5) is 0. The number of phenolic OH excluding ortho intramolecular Hbond substituents is 1. The Bertz CT molecular complexity index is 1080. The van der Waals surface area contributed by atoms with Gasteiger partial charge in [0.25, 0.3) is 0 Å². The lowest BCUT2D eigenvalue weighted by Gasteiger charge is -2.31. The number of hydrogen-bond acceptors (Lipinski definition) is 4. The van der Waals surface area contributed by atoms with Crippen molar-refractivity contribution in [2.45, 2.75) is 19.1 Å². The molecule has 5 nitrogen and oxygen atoms in total. The molecule has 2 atom stereocenters. The van der Waals surface area contributed by atoms with Gasteiger partial charge in [0.05, 0.1) is 24.8 Å². The largest absolute Gasteiger partial charge is 0.504 e. The second-order valence-electron chi connectivity index (χ2n) is 7.30. The lowest BCUT2D eigenvalue weighted by atomic mass is 9.97. The molecule has 160 valence electrons. The van der Waals surface area contributed by atoms with E-state index in [0.717, 1.165) is 28.1 Å². The first-order valence-corrected chi connectivity index (χ1v) is 10.7. The van der Waals surface area contributed by atoms with Crippen molar-refractivity contribution in [3.63, 3.8) is 0 Å². The number of nitrogens with two attached hydrogens (primary N) is 1. The molecule has 0 aromatic heterocycles. The van der Waals surface area contributed by atoms with Gasteiger partial charge >= 0.3 is 0 Å². The molecule has 0 fully saturated rings. The molecule has 0 saturated heterocycles. The summed E-state index contributed by atoms with van der Waals surface area (Å²) < 4.78 is 11.2. The molecule has 2 unspecified atom stereocenters. The van der Waals surface area contributed by atoms with Crippen LogP contribution in [0.1, 0.15) is 35.8 Å². The first-order chi connectivity index (χ1) is 15.1. The highest BCUT2D eigenvalue weighted by Crippen LogP contribution is 2.36. The van der Waals surface area contributed by atoms with Gasteiger partial charge in [0.2, 0.25) is 0 Å². The zero-order valence-electron chi connectivity index (χ0n) is 17.5. The minimum atomic E-state index is -0.137. The molecule has 0 saturated carbocycles. The molecule has 4 rings (SSSR count). The Morgan fingerprint density at radius 2 is 1.68 bits per heavy atom. The molecule has 0 radical (unpaired) electrons. The molecule has 0 amide bonds. The van der Waals surface area contributed by atoms with E-state index in [1.807, 2.05) is 67.6 Å². The van der Waals surface area contributed by atoms with E-state index in [1.54, 1.807) is 13.2 Å². The smallest absolute Gasteiger partial charge is 0.190 e. The Morgan fingerprint density at radius 3 is 2.42 bits per heavy atom. The number of benzene rings is 3. The van der Waals surface area contributed by atoms with Crippen LogP contribution < -0.4 is 20.1 Å². The minimum absolute atomic E-state index is 0.119. The third-order valence-electron chi connectivity index (χ3n) is 5.38. The molecule has 0 spiro atoms. The van der Waals surface area contributed by atoms with Gasteiger partial charge in [-0.15, -0.1) is 0 Å². The Kier molecular flexibility index (Phi) is 6.35. The van der Waals surface area contributed by atoms with Crippen molar-refractivity contribution in [2.24, 2.45) is 0 Å². The van der Waals surface area contributed by atoms with Gasteiger partial charge < -0.3 is 25.2 Å². The number of ether oxygens (including phenoxy) is 2. The Balaban J connectivity index is 1.79. The lowest BCUT2D eigenvalue weighted by Crippen LogP contribution is -2.89. The van der Waals surface area contributed by atoms with Gasteiger partial charge in [0.1, 0.15) is 11.8 Å². The summed E-state index contributed by atoms with van der Waals surface area (Å²) in [5, 5.41) is 17.4. The van der Waals surface area contributed by atoms with Gasteiger partial charge in [0.15, 0.2) is 17.7 Å². The van der Waals surface area contributed by atoms with Gasteiger partial charge in [-0.2, -0.15) is 0 Å². The van der Waals surface area contributed by atoms with Crippen molar-refractivity contribution >= 4 is 17.3 Å². The summed E-state index contributed by atoms with van der Waals surface area (Å²) in [6.07, 6.45) is 1.99. The molecule has 1 heterocycles. The molecule has 4 N–H and O–H groups in total. The lowest BCUT2D eigenvalue weighted by molar-refractivity contribution is -0.731. The standard InChI is InChI=1S/C25H25ClN2O3/c1-3-31-23-10-6-8-18(24(23)29)21-15-20(16-11-13-17(26)14-12-16)27-25(28-21)19-7-4-5-9-22(19)30-2/h4-15,21,25,27-29H,3H2,1-2H3/p+1. The predicted molar refractivity (Wildman–Crippen MR) is 122 cm³/mol. The summed E-state index contributed by atoms with van der Waals surface area (Å²) in [5.74, 6) is 1.46. The Labute approximate surface area is 187 Å². The van der Waals surface area contributed by atoms with Gasteiger partial charge in [-0.05, 0) is 48.9 Å².